The molecule has 1 aliphatic heterocycles. The number of benzene rings is 1. The summed E-state index contributed by atoms with van der Waals surface area (Å²) in [7, 11) is 0. The first kappa shape index (κ1) is 14.8. The van der Waals surface area contributed by atoms with Crippen molar-refractivity contribution >= 4 is 24.0 Å². The van der Waals surface area contributed by atoms with E-state index in [-0.39, 0.29) is 18.3 Å². The summed E-state index contributed by atoms with van der Waals surface area (Å²) < 4.78 is 4.50. The van der Waals surface area contributed by atoms with Gasteiger partial charge in [-0.3, -0.25) is 14.4 Å². The smallest absolute Gasteiger partial charge is 0.317 e. The van der Waals surface area contributed by atoms with Crippen LogP contribution in [0.3, 0.4) is 0 Å². The quantitative estimate of drug-likeness (QED) is 0.487. The molecule has 1 saturated carbocycles. The highest BCUT2D eigenvalue weighted by Crippen LogP contribution is 2.36. The highest BCUT2D eigenvalue weighted by molar-refractivity contribution is 5.99. The largest absolute Gasteiger partial charge is 0.395 e. The first-order valence-electron chi connectivity index (χ1n) is 7.76. The van der Waals surface area contributed by atoms with Crippen LogP contribution in [0.4, 0.5) is 5.69 Å². The summed E-state index contributed by atoms with van der Waals surface area (Å²) in [5.41, 5.74) is 2.11. The van der Waals surface area contributed by atoms with Gasteiger partial charge in [-0.05, 0) is 30.9 Å². The Morgan fingerprint density at radius 3 is 2.64 bits per heavy atom. The van der Waals surface area contributed by atoms with E-state index < -0.39 is 11.9 Å². The number of para-hydroxylation sites is 1. The summed E-state index contributed by atoms with van der Waals surface area (Å²) in [4.78, 5) is 37.1. The molecule has 2 aliphatic rings. The maximum absolute atomic E-state index is 12.9. The van der Waals surface area contributed by atoms with Crippen LogP contribution in [-0.2, 0) is 25.5 Å². The van der Waals surface area contributed by atoms with E-state index in [1.165, 1.54) is 5.56 Å². The van der Waals surface area contributed by atoms with Crippen molar-refractivity contribution in [2.24, 2.45) is 11.8 Å². The Morgan fingerprint density at radius 2 is 1.86 bits per heavy atom. The van der Waals surface area contributed by atoms with Gasteiger partial charge in [-0.2, -0.15) is 0 Å². The molecule has 1 fully saturated rings. The molecule has 2 unspecified atom stereocenters. The summed E-state index contributed by atoms with van der Waals surface area (Å²) in [5, 5.41) is 0. The zero-order chi connectivity index (χ0) is 15.5. The van der Waals surface area contributed by atoms with E-state index in [4.69, 9.17) is 0 Å². The standard InChI is InChI=1S/C17H19NO4/c19-11-22-17(21)14-7-3-2-6-13(14)16(20)18-10-9-12-5-1-4-8-15(12)18/h1,4-5,8,11,13-14H,2-3,6-7,9-10H2. The maximum atomic E-state index is 12.9. The number of amides is 1. The lowest BCUT2D eigenvalue weighted by Gasteiger charge is -2.31. The molecule has 1 heterocycles. The minimum atomic E-state index is -0.569. The molecule has 0 N–H and O–H groups in total. The molecule has 1 amide bonds. The Bertz CT molecular complexity index is 598. The van der Waals surface area contributed by atoms with Crippen molar-refractivity contribution < 1.29 is 19.1 Å². The number of rotatable bonds is 3. The van der Waals surface area contributed by atoms with Gasteiger partial charge in [0.05, 0.1) is 11.8 Å². The lowest BCUT2D eigenvalue weighted by atomic mass is 9.78. The van der Waals surface area contributed by atoms with E-state index in [0.29, 0.717) is 19.4 Å². The van der Waals surface area contributed by atoms with E-state index in [9.17, 15) is 14.4 Å². The van der Waals surface area contributed by atoms with Gasteiger partial charge in [0.1, 0.15) is 0 Å². The van der Waals surface area contributed by atoms with Gasteiger partial charge in [0.2, 0.25) is 5.91 Å². The van der Waals surface area contributed by atoms with Crippen molar-refractivity contribution in [3.8, 4) is 0 Å². The van der Waals surface area contributed by atoms with Gasteiger partial charge in [0, 0.05) is 12.2 Å². The minimum absolute atomic E-state index is 0.0162. The summed E-state index contributed by atoms with van der Waals surface area (Å²) >= 11 is 0. The third-order valence-electron chi connectivity index (χ3n) is 4.70. The average Bonchev–Trinajstić information content (AvgIpc) is 2.98. The van der Waals surface area contributed by atoms with Crippen molar-refractivity contribution in [1.29, 1.82) is 0 Å². The number of nitrogens with zero attached hydrogens (tertiary/aromatic N) is 1. The molecule has 2 atom stereocenters. The van der Waals surface area contributed by atoms with Gasteiger partial charge in [-0.25, -0.2) is 0 Å². The third kappa shape index (κ3) is 2.63. The van der Waals surface area contributed by atoms with Crippen LogP contribution in [0.1, 0.15) is 31.2 Å². The molecule has 1 aliphatic carbocycles. The molecular formula is C17H19NO4. The lowest BCUT2D eigenvalue weighted by Crippen LogP contribution is -2.42. The number of ether oxygens (including phenoxy) is 1. The van der Waals surface area contributed by atoms with Gasteiger partial charge in [0.25, 0.3) is 0 Å². The third-order valence-corrected chi connectivity index (χ3v) is 4.70. The van der Waals surface area contributed by atoms with Crippen LogP contribution < -0.4 is 4.90 Å². The van der Waals surface area contributed by atoms with Gasteiger partial charge in [0.15, 0.2) is 0 Å². The molecule has 3 rings (SSSR count). The molecule has 1 aromatic rings. The molecule has 22 heavy (non-hydrogen) atoms. The second-order valence-corrected chi connectivity index (χ2v) is 5.90. The summed E-state index contributed by atoms with van der Waals surface area (Å²) in [6, 6.07) is 7.87. The topological polar surface area (TPSA) is 63.7 Å². The number of hydrogen-bond donors (Lipinski definition) is 0. The summed E-state index contributed by atoms with van der Waals surface area (Å²) in [6.45, 7) is 0.813. The predicted octanol–water partition coefficient (Wildman–Crippen LogP) is 2.08. The second kappa shape index (κ2) is 6.30. The molecule has 0 spiro atoms. The van der Waals surface area contributed by atoms with Crippen LogP contribution >= 0.6 is 0 Å². The number of carbonyl (C=O) groups excluding carboxylic acids is 3. The fourth-order valence-electron chi connectivity index (χ4n) is 3.61. The molecule has 0 bridgehead atoms. The van der Waals surface area contributed by atoms with Gasteiger partial charge in [-0.15, -0.1) is 0 Å². The summed E-state index contributed by atoms with van der Waals surface area (Å²) in [6.07, 6.45) is 3.95. The van der Waals surface area contributed by atoms with E-state index in [2.05, 4.69) is 4.74 Å². The van der Waals surface area contributed by atoms with Crippen LogP contribution in [0.2, 0.25) is 0 Å². The Morgan fingerprint density at radius 1 is 1.14 bits per heavy atom. The SMILES string of the molecule is O=COC(=O)C1CCCCC1C(=O)N1CCc2ccccc21. The van der Waals surface area contributed by atoms with Crippen LogP contribution in [0.15, 0.2) is 24.3 Å². The minimum Gasteiger partial charge on any atom is -0.395 e. The van der Waals surface area contributed by atoms with Crippen molar-refractivity contribution in [1.82, 2.24) is 0 Å². The van der Waals surface area contributed by atoms with Crippen LogP contribution in [0.5, 0.6) is 0 Å². The fourth-order valence-corrected chi connectivity index (χ4v) is 3.61. The predicted molar refractivity (Wildman–Crippen MR) is 80.1 cm³/mol. The number of anilines is 1. The molecule has 0 saturated heterocycles. The lowest BCUT2D eigenvalue weighted by molar-refractivity contribution is -0.159. The Hall–Kier alpha value is -2.17. The number of carbonyl (C=O) groups is 3. The first-order chi connectivity index (χ1) is 10.7. The fraction of sp³-hybridized carbons (Fsp3) is 0.471. The van der Waals surface area contributed by atoms with E-state index in [1.54, 1.807) is 4.90 Å². The normalized spacial score (nSPS) is 23.7. The van der Waals surface area contributed by atoms with Crippen LogP contribution in [-0.4, -0.2) is 24.9 Å². The van der Waals surface area contributed by atoms with Gasteiger partial charge in [-0.1, -0.05) is 31.0 Å². The van der Waals surface area contributed by atoms with Crippen molar-refractivity contribution in [2.45, 2.75) is 32.1 Å². The number of esters is 1. The zero-order valence-electron chi connectivity index (χ0n) is 12.4. The molecule has 0 radical (unpaired) electrons. The first-order valence-corrected chi connectivity index (χ1v) is 7.76. The van der Waals surface area contributed by atoms with E-state index in [0.717, 1.165) is 24.9 Å². The zero-order valence-corrected chi connectivity index (χ0v) is 12.4. The number of hydrogen-bond acceptors (Lipinski definition) is 4. The average molecular weight is 301 g/mol. The van der Waals surface area contributed by atoms with Gasteiger partial charge >= 0.3 is 12.4 Å². The van der Waals surface area contributed by atoms with Crippen LogP contribution in [0.25, 0.3) is 0 Å². The number of fused-ring (bicyclic) bond motifs is 1. The van der Waals surface area contributed by atoms with Crippen molar-refractivity contribution in [2.75, 3.05) is 11.4 Å². The highest BCUT2D eigenvalue weighted by Gasteiger charge is 2.40. The molecular weight excluding hydrogens is 282 g/mol. The second-order valence-electron chi connectivity index (χ2n) is 5.90. The summed E-state index contributed by atoms with van der Waals surface area (Å²) in [5.74, 6) is -1.47. The molecule has 0 aromatic heterocycles. The molecule has 5 nitrogen and oxygen atoms in total. The monoisotopic (exact) mass is 301 g/mol. The Labute approximate surface area is 129 Å². The maximum Gasteiger partial charge on any atom is 0.317 e. The molecule has 116 valence electrons. The van der Waals surface area contributed by atoms with E-state index in [1.807, 2.05) is 24.3 Å². The van der Waals surface area contributed by atoms with Crippen molar-refractivity contribution in [3.63, 3.8) is 0 Å². The Kier molecular flexibility index (Phi) is 4.22. The van der Waals surface area contributed by atoms with Crippen LogP contribution in [0, 0.1) is 11.8 Å². The molecule has 5 heteroatoms. The Balaban J connectivity index is 1.81. The van der Waals surface area contributed by atoms with E-state index >= 15 is 0 Å². The highest BCUT2D eigenvalue weighted by atomic mass is 16.6. The van der Waals surface area contributed by atoms with Gasteiger partial charge < -0.3 is 9.64 Å². The van der Waals surface area contributed by atoms with Crippen molar-refractivity contribution in [3.05, 3.63) is 29.8 Å². The molecule has 1 aromatic carbocycles.